The van der Waals surface area contributed by atoms with E-state index in [4.69, 9.17) is 4.55 Å². The Labute approximate surface area is 96.0 Å². The van der Waals surface area contributed by atoms with Crippen LogP contribution >= 0.6 is 0 Å². The van der Waals surface area contributed by atoms with E-state index >= 15 is 0 Å². The Balaban J connectivity index is 2.86. The summed E-state index contributed by atoms with van der Waals surface area (Å²) in [6.45, 7) is 3.58. The number of allylic oxidation sites excluding steroid dienone is 3. The summed E-state index contributed by atoms with van der Waals surface area (Å²) in [6, 6.07) is 0. The summed E-state index contributed by atoms with van der Waals surface area (Å²) in [4.78, 5) is 22.7. The molecule has 1 aliphatic carbocycles. The zero-order valence-electron chi connectivity index (χ0n) is 9.02. The SMILES string of the molecule is CC(C)(CNS(=O)O)C1=CC(=O)C=CC1=O. The molecule has 0 fully saturated rings. The average Bonchev–Trinajstić information content (AvgIpc) is 2.19. The fraction of sp³-hybridized carbons (Fsp3) is 0.400. The molecular weight excluding hydrogens is 230 g/mol. The maximum Gasteiger partial charge on any atom is 0.231 e. The smallest absolute Gasteiger partial charge is 0.231 e. The number of carbonyl (C=O) groups excluding carboxylic acids is 2. The average molecular weight is 243 g/mol. The molecule has 0 bridgehead atoms. The van der Waals surface area contributed by atoms with Crippen molar-refractivity contribution in [2.24, 2.45) is 5.41 Å². The van der Waals surface area contributed by atoms with Crippen molar-refractivity contribution in [3.05, 3.63) is 23.8 Å². The molecule has 16 heavy (non-hydrogen) atoms. The van der Waals surface area contributed by atoms with Crippen LogP contribution in [0, 0.1) is 5.41 Å². The highest BCUT2D eigenvalue weighted by atomic mass is 32.2. The molecule has 1 unspecified atom stereocenters. The van der Waals surface area contributed by atoms with Gasteiger partial charge in [0, 0.05) is 17.5 Å². The molecule has 0 radical (unpaired) electrons. The van der Waals surface area contributed by atoms with Gasteiger partial charge in [-0.25, -0.2) is 8.93 Å². The largest absolute Gasteiger partial charge is 0.294 e. The van der Waals surface area contributed by atoms with Gasteiger partial charge in [0.15, 0.2) is 11.6 Å². The van der Waals surface area contributed by atoms with E-state index in [9.17, 15) is 13.8 Å². The monoisotopic (exact) mass is 243 g/mol. The van der Waals surface area contributed by atoms with E-state index in [1.807, 2.05) is 0 Å². The number of nitrogens with one attached hydrogen (secondary N) is 1. The van der Waals surface area contributed by atoms with E-state index < -0.39 is 16.7 Å². The van der Waals surface area contributed by atoms with Crippen LogP contribution in [0.4, 0.5) is 0 Å². The minimum atomic E-state index is -2.13. The first kappa shape index (κ1) is 13.0. The molecule has 6 heteroatoms. The first-order chi connectivity index (χ1) is 7.33. The lowest BCUT2D eigenvalue weighted by Crippen LogP contribution is -2.35. The van der Waals surface area contributed by atoms with Crippen molar-refractivity contribution in [3.63, 3.8) is 0 Å². The Bertz CT molecular complexity index is 409. The molecule has 0 heterocycles. The van der Waals surface area contributed by atoms with E-state index in [-0.39, 0.29) is 18.1 Å². The van der Waals surface area contributed by atoms with Crippen molar-refractivity contribution in [2.45, 2.75) is 13.8 Å². The van der Waals surface area contributed by atoms with Crippen LogP contribution in [0.3, 0.4) is 0 Å². The Morgan fingerprint density at radius 2 is 2.00 bits per heavy atom. The van der Waals surface area contributed by atoms with Crippen LogP contribution in [0.25, 0.3) is 0 Å². The summed E-state index contributed by atoms with van der Waals surface area (Å²) in [5.74, 6) is -0.483. The molecule has 0 aromatic heterocycles. The quantitative estimate of drug-likeness (QED) is 0.552. The fourth-order valence-electron chi connectivity index (χ4n) is 1.38. The summed E-state index contributed by atoms with van der Waals surface area (Å²) in [5, 5.41) is 0. The Hall–Kier alpha value is -1.11. The van der Waals surface area contributed by atoms with Gasteiger partial charge in [0.05, 0.1) is 0 Å². The van der Waals surface area contributed by atoms with Crippen LogP contribution < -0.4 is 4.72 Å². The summed E-state index contributed by atoms with van der Waals surface area (Å²) >= 11 is -2.13. The van der Waals surface area contributed by atoms with Crippen LogP contribution in [-0.4, -0.2) is 26.9 Å². The van der Waals surface area contributed by atoms with Gasteiger partial charge < -0.3 is 0 Å². The molecule has 0 aliphatic heterocycles. The number of carbonyl (C=O) groups is 2. The molecule has 0 saturated carbocycles. The van der Waals surface area contributed by atoms with Gasteiger partial charge in [0.1, 0.15) is 0 Å². The van der Waals surface area contributed by atoms with Gasteiger partial charge in [-0.1, -0.05) is 13.8 Å². The van der Waals surface area contributed by atoms with Crippen molar-refractivity contribution in [3.8, 4) is 0 Å². The molecule has 5 nitrogen and oxygen atoms in total. The maximum absolute atomic E-state index is 11.6. The minimum absolute atomic E-state index is 0.134. The lowest BCUT2D eigenvalue weighted by molar-refractivity contribution is -0.115. The summed E-state index contributed by atoms with van der Waals surface area (Å²) in [7, 11) is 0. The molecule has 0 spiro atoms. The topological polar surface area (TPSA) is 83.5 Å². The highest BCUT2D eigenvalue weighted by Gasteiger charge is 2.29. The van der Waals surface area contributed by atoms with E-state index in [1.54, 1.807) is 13.8 Å². The molecule has 0 aromatic rings. The second-order valence-corrected chi connectivity index (χ2v) is 4.90. The molecule has 2 N–H and O–H groups in total. The van der Waals surface area contributed by atoms with Crippen molar-refractivity contribution < 1.29 is 18.4 Å². The van der Waals surface area contributed by atoms with Gasteiger partial charge in [-0.15, -0.1) is 0 Å². The number of rotatable bonds is 4. The molecule has 1 rings (SSSR count). The minimum Gasteiger partial charge on any atom is -0.294 e. The summed E-state index contributed by atoms with van der Waals surface area (Å²) in [5.41, 5.74) is -0.325. The van der Waals surface area contributed by atoms with Crippen molar-refractivity contribution in [1.29, 1.82) is 0 Å². The zero-order valence-corrected chi connectivity index (χ0v) is 9.84. The summed E-state index contributed by atoms with van der Waals surface area (Å²) < 4.78 is 21.4. The predicted molar refractivity (Wildman–Crippen MR) is 59.8 cm³/mol. The van der Waals surface area contributed by atoms with Gasteiger partial charge in [-0.2, -0.15) is 0 Å². The Morgan fingerprint density at radius 3 is 2.56 bits per heavy atom. The number of hydrogen-bond donors (Lipinski definition) is 2. The van der Waals surface area contributed by atoms with Crippen LogP contribution in [-0.2, 0) is 20.9 Å². The third-order valence-corrected chi connectivity index (χ3v) is 2.71. The van der Waals surface area contributed by atoms with Crippen LogP contribution in [0.1, 0.15) is 13.8 Å². The molecule has 88 valence electrons. The Morgan fingerprint density at radius 1 is 1.38 bits per heavy atom. The molecule has 0 saturated heterocycles. The lowest BCUT2D eigenvalue weighted by atomic mass is 9.79. The first-order valence-corrected chi connectivity index (χ1v) is 5.76. The van der Waals surface area contributed by atoms with E-state index in [0.717, 1.165) is 0 Å². The van der Waals surface area contributed by atoms with E-state index in [1.165, 1.54) is 18.2 Å². The van der Waals surface area contributed by atoms with Gasteiger partial charge >= 0.3 is 0 Å². The highest BCUT2D eigenvalue weighted by molar-refractivity contribution is 7.77. The summed E-state index contributed by atoms with van der Waals surface area (Å²) in [6.07, 6.45) is 3.69. The fourth-order valence-corrected chi connectivity index (χ4v) is 1.86. The van der Waals surface area contributed by atoms with E-state index in [2.05, 4.69) is 4.72 Å². The van der Waals surface area contributed by atoms with Crippen molar-refractivity contribution in [2.75, 3.05) is 6.54 Å². The van der Waals surface area contributed by atoms with Gasteiger partial charge in [-0.3, -0.25) is 14.1 Å². The lowest BCUT2D eigenvalue weighted by Gasteiger charge is -2.26. The number of ketones is 2. The third kappa shape index (κ3) is 3.19. The molecule has 1 aliphatic rings. The second-order valence-electron chi connectivity index (χ2n) is 4.11. The number of hydrogen-bond acceptors (Lipinski definition) is 3. The van der Waals surface area contributed by atoms with Gasteiger partial charge in [-0.05, 0) is 18.2 Å². The second kappa shape index (κ2) is 4.82. The van der Waals surface area contributed by atoms with Crippen LogP contribution in [0.2, 0.25) is 0 Å². The van der Waals surface area contributed by atoms with E-state index in [0.29, 0.717) is 5.57 Å². The normalized spacial score (nSPS) is 18.6. The zero-order chi connectivity index (χ0) is 12.3. The first-order valence-electron chi connectivity index (χ1n) is 4.66. The third-order valence-electron chi connectivity index (χ3n) is 2.32. The molecule has 1 atom stereocenters. The molecule has 0 amide bonds. The van der Waals surface area contributed by atoms with Gasteiger partial charge in [0.25, 0.3) is 0 Å². The Kier molecular flexibility index (Phi) is 3.90. The molecular formula is C10H13NO4S. The van der Waals surface area contributed by atoms with Crippen molar-refractivity contribution in [1.82, 2.24) is 4.72 Å². The van der Waals surface area contributed by atoms with Crippen LogP contribution in [0.5, 0.6) is 0 Å². The maximum atomic E-state index is 11.6. The predicted octanol–water partition coefficient (Wildman–Crippen LogP) is 0.373. The standard InChI is InChI=1S/C10H13NO4S/c1-10(2,6-11-16(14)15)8-5-7(12)3-4-9(8)13/h3-5,11H,6H2,1-2H3,(H,14,15). The van der Waals surface area contributed by atoms with Gasteiger partial charge in [0.2, 0.25) is 11.3 Å². The molecule has 0 aromatic carbocycles. The van der Waals surface area contributed by atoms with Crippen molar-refractivity contribution >= 4 is 22.8 Å². The van der Waals surface area contributed by atoms with Crippen LogP contribution in [0.15, 0.2) is 23.8 Å². The highest BCUT2D eigenvalue weighted by Crippen LogP contribution is 2.28.